The molecule has 8 nitrogen and oxygen atoms in total. The molecule has 2 aromatic carbocycles. The standard InChI is InChI=1S/C55H82N4O4/c1-3-5-7-9-11-13-15-17-19-21-23-25-27-31-50-33-29-35-54(43-50)62-47-52(60)45-56-37-39-58-41-42-59(49-58)40-38-57-46-53(61)48-63-55-36-30-34-51(44-55)32-28-26-24-22-20-18-16-14-12-10-8-6-4-2/h3-4,7-10,13-16,29-30,33-36,41-44,52-53,56-57,60-61H,1-2,5-6,11-12,17-28,31-32,37-40,45-48H2/b9-7+,10-8+,15-13+,16-14+. The molecule has 1 aromatic heterocycles. The van der Waals surface area contributed by atoms with Gasteiger partial charge in [0.1, 0.15) is 36.9 Å². The average Bonchev–Trinajstić information content (AvgIpc) is 3.76. The lowest BCUT2D eigenvalue weighted by Crippen LogP contribution is -2.40. The molecule has 2 unspecified atom stereocenters. The van der Waals surface area contributed by atoms with Crippen molar-refractivity contribution in [1.82, 2.24) is 15.2 Å². The zero-order valence-electron chi connectivity index (χ0n) is 38.6. The molecule has 3 aromatic rings. The summed E-state index contributed by atoms with van der Waals surface area (Å²) in [6.45, 7) is 11.8. The highest BCUT2D eigenvalue weighted by molar-refractivity contribution is 5.29. The van der Waals surface area contributed by atoms with Gasteiger partial charge in [0.15, 0.2) is 0 Å². The van der Waals surface area contributed by atoms with E-state index in [-0.39, 0.29) is 13.2 Å². The van der Waals surface area contributed by atoms with Gasteiger partial charge in [-0.3, -0.25) is 0 Å². The maximum atomic E-state index is 10.5. The maximum absolute atomic E-state index is 10.5. The van der Waals surface area contributed by atoms with Crippen LogP contribution < -0.4 is 24.7 Å². The Balaban J connectivity index is 1.15. The van der Waals surface area contributed by atoms with Crippen LogP contribution in [0.5, 0.6) is 11.5 Å². The first-order valence-corrected chi connectivity index (χ1v) is 24.1. The first-order valence-electron chi connectivity index (χ1n) is 24.1. The zero-order valence-corrected chi connectivity index (χ0v) is 38.6. The van der Waals surface area contributed by atoms with Crippen LogP contribution in [-0.2, 0) is 25.9 Å². The summed E-state index contributed by atoms with van der Waals surface area (Å²) < 4.78 is 15.9. The predicted molar refractivity (Wildman–Crippen MR) is 263 cm³/mol. The third-order valence-electron chi connectivity index (χ3n) is 10.7. The Morgan fingerprint density at radius 2 is 1.08 bits per heavy atom. The van der Waals surface area contributed by atoms with Crippen molar-refractivity contribution in [3.63, 3.8) is 0 Å². The normalized spacial score (nSPS) is 12.9. The predicted octanol–water partition coefficient (Wildman–Crippen LogP) is 10.6. The van der Waals surface area contributed by atoms with E-state index in [0.717, 1.165) is 63.1 Å². The molecule has 4 N–H and O–H groups in total. The molecule has 0 amide bonds. The molecule has 0 aliphatic rings. The van der Waals surface area contributed by atoms with Crippen LogP contribution in [-0.4, -0.2) is 66.4 Å². The highest BCUT2D eigenvalue weighted by Crippen LogP contribution is 2.18. The Morgan fingerprint density at radius 3 is 1.62 bits per heavy atom. The third kappa shape index (κ3) is 28.8. The summed E-state index contributed by atoms with van der Waals surface area (Å²) in [6.07, 6.45) is 48.7. The van der Waals surface area contributed by atoms with Gasteiger partial charge in [0.2, 0.25) is 6.33 Å². The Labute approximate surface area is 382 Å². The Morgan fingerprint density at radius 1 is 0.603 bits per heavy atom. The number of nitrogens with zero attached hydrogens (tertiary/aromatic N) is 2. The molecule has 0 radical (unpaired) electrons. The fourth-order valence-corrected chi connectivity index (χ4v) is 7.07. The van der Waals surface area contributed by atoms with E-state index in [2.05, 4.69) is 103 Å². The van der Waals surface area contributed by atoms with E-state index < -0.39 is 12.2 Å². The number of nitrogens with one attached hydrogen (secondary N) is 2. The van der Waals surface area contributed by atoms with Gasteiger partial charge in [-0.05, 0) is 125 Å². The number of aliphatic hydroxyl groups is 2. The van der Waals surface area contributed by atoms with Crippen LogP contribution in [0.1, 0.15) is 114 Å². The summed E-state index contributed by atoms with van der Waals surface area (Å²) in [6, 6.07) is 16.6. The fourth-order valence-electron chi connectivity index (χ4n) is 7.07. The van der Waals surface area contributed by atoms with Gasteiger partial charge in [0.05, 0.1) is 13.1 Å². The highest BCUT2D eigenvalue weighted by Gasteiger charge is 2.08. The minimum Gasteiger partial charge on any atom is -0.491 e. The Bertz CT molecular complexity index is 1590. The molecule has 8 heteroatoms. The van der Waals surface area contributed by atoms with Crippen molar-refractivity contribution in [2.24, 2.45) is 0 Å². The number of allylic oxidation sites excluding steroid dienone is 10. The van der Waals surface area contributed by atoms with Crippen LogP contribution in [0.2, 0.25) is 0 Å². The second-order valence-electron chi connectivity index (χ2n) is 16.4. The molecule has 1 heterocycles. The van der Waals surface area contributed by atoms with Crippen molar-refractivity contribution in [1.29, 1.82) is 0 Å². The fraction of sp³-hybridized carbons (Fsp3) is 0.509. The quantitative estimate of drug-likeness (QED) is 0.0197. The number of aryl methyl sites for hydroxylation is 2. The number of rotatable bonds is 40. The lowest BCUT2D eigenvalue weighted by molar-refractivity contribution is -0.698. The van der Waals surface area contributed by atoms with E-state index >= 15 is 0 Å². The molecule has 0 saturated heterocycles. The van der Waals surface area contributed by atoms with Gasteiger partial charge in [-0.25, -0.2) is 0 Å². The van der Waals surface area contributed by atoms with Gasteiger partial charge >= 0.3 is 0 Å². The van der Waals surface area contributed by atoms with E-state index in [9.17, 15) is 10.2 Å². The summed E-state index contributed by atoms with van der Waals surface area (Å²) >= 11 is 0. The van der Waals surface area contributed by atoms with E-state index in [1.54, 1.807) is 0 Å². The van der Waals surface area contributed by atoms with Crippen molar-refractivity contribution >= 4 is 0 Å². The number of hydrogen-bond acceptors (Lipinski definition) is 6. The summed E-state index contributed by atoms with van der Waals surface area (Å²) in [7, 11) is 0. The third-order valence-corrected chi connectivity index (χ3v) is 10.7. The Hall–Kier alpha value is -4.47. The number of aromatic nitrogens is 2. The zero-order chi connectivity index (χ0) is 44.7. The molecule has 63 heavy (non-hydrogen) atoms. The number of aliphatic hydroxyl groups excluding tert-OH is 2. The Kier molecular flexibility index (Phi) is 31.0. The van der Waals surface area contributed by atoms with Crippen molar-refractivity contribution < 1.29 is 24.3 Å². The van der Waals surface area contributed by atoms with Crippen molar-refractivity contribution in [3.8, 4) is 11.5 Å². The van der Waals surface area contributed by atoms with Gasteiger partial charge < -0.3 is 39.5 Å². The van der Waals surface area contributed by atoms with Gasteiger partial charge in [-0.1, -0.05) is 124 Å². The van der Waals surface area contributed by atoms with Gasteiger partial charge in [-0.15, -0.1) is 13.2 Å². The number of imidazole rings is 1. The lowest BCUT2D eigenvalue weighted by atomic mass is 10.0. The van der Waals surface area contributed by atoms with Crippen LogP contribution in [0.3, 0.4) is 0 Å². The van der Waals surface area contributed by atoms with Gasteiger partial charge in [0.25, 0.3) is 0 Å². The lowest BCUT2D eigenvalue weighted by Gasteiger charge is -2.14. The molecule has 346 valence electrons. The second-order valence-corrected chi connectivity index (χ2v) is 16.4. The molecular formula is C55H82N4O4. The molecule has 0 saturated carbocycles. The van der Waals surface area contributed by atoms with Crippen LogP contribution in [0.15, 0.2) is 135 Å². The second kappa shape index (κ2) is 37.0. The summed E-state index contributed by atoms with van der Waals surface area (Å²) in [5, 5.41) is 27.7. The first-order chi connectivity index (χ1) is 31.1. The van der Waals surface area contributed by atoms with Crippen LogP contribution in [0.4, 0.5) is 0 Å². The largest absolute Gasteiger partial charge is 0.491 e. The number of benzene rings is 2. The topological polar surface area (TPSA) is 91.8 Å². The number of hydrogen-bond donors (Lipinski definition) is 4. The molecule has 0 aliphatic carbocycles. The van der Waals surface area contributed by atoms with Crippen LogP contribution >= 0.6 is 0 Å². The van der Waals surface area contributed by atoms with E-state index in [0.29, 0.717) is 26.2 Å². The minimum absolute atomic E-state index is 0.252. The molecule has 0 spiro atoms. The molecule has 2 atom stereocenters. The first kappa shape index (κ1) is 52.9. The summed E-state index contributed by atoms with van der Waals surface area (Å²) in [5.74, 6) is 1.63. The van der Waals surface area contributed by atoms with Crippen molar-refractivity contribution in [2.75, 3.05) is 39.4 Å². The monoisotopic (exact) mass is 863 g/mol. The molecule has 3 rings (SSSR count). The van der Waals surface area contributed by atoms with E-state index in [1.807, 2.05) is 57.9 Å². The minimum atomic E-state index is -0.595. The maximum Gasteiger partial charge on any atom is 0.204 e. The van der Waals surface area contributed by atoms with Gasteiger partial charge in [0, 0.05) is 26.2 Å². The van der Waals surface area contributed by atoms with Gasteiger partial charge in [-0.2, -0.15) is 0 Å². The summed E-state index contributed by atoms with van der Waals surface area (Å²) in [5.41, 5.74) is 2.57. The van der Waals surface area contributed by atoms with Crippen LogP contribution in [0, 0.1) is 6.33 Å². The smallest absolute Gasteiger partial charge is 0.204 e. The number of ether oxygens (including phenoxy) is 2. The molecule has 0 aliphatic heterocycles. The molecular weight excluding hydrogens is 781 g/mol. The van der Waals surface area contributed by atoms with Crippen molar-refractivity contribution in [3.05, 3.63) is 152 Å². The highest BCUT2D eigenvalue weighted by atomic mass is 16.5. The number of unbranched alkanes of at least 4 members (excludes halogenated alkanes) is 10. The average molecular weight is 863 g/mol. The molecule has 0 bridgehead atoms. The molecule has 0 fully saturated rings. The van der Waals surface area contributed by atoms with E-state index in [4.69, 9.17) is 9.47 Å². The summed E-state index contributed by atoms with van der Waals surface area (Å²) in [4.78, 5) is 0. The van der Waals surface area contributed by atoms with Crippen molar-refractivity contribution in [2.45, 2.75) is 141 Å². The SMILES string of the molecule is C=CC/C=C/C/C=C/CCCCCCCc1cccc(OCC(O)CNCCn2[c-][n+](CCNCC(O)COc3cccc(CCCCCCC/C=C/C/C=C/CC=C)c3)cc2)c1. The van der Waals surface area contributed by atoms with E-state index in [1.165, 1.54) is 88.2 Å². The van der Waals surface area contributed by atoms with Crippen LogP contribution in [0.25, 0.3) is 0 Å².